The van der Waals surface area contributed by atoms with Gasteiger partial charge in [-0.15, -0.1) is 5.10 Å². The second-order valence-corrected chi connectivity index (χ2v) is 5.29. The summed E-state index contributed by atoms with van der Waals surface area (Å²) in [6.07, 6.45) is 2.36. The highest BCUT2D eigenvalue weighted by Crippen LogP contribution is 2.27. The van der Waals surface area contributed by atoms with E-state index in [1.165, 1.54) is 6.20 Å². The van der Waals surface area contributed by atoms with Gasteiger partial charge in [0.2, 0.25) is 5.78 Å². The van der Waals surface area contributed by atoms with Crippen LogP contribution in [0.4, 0.5) is 0 Å². The molecule has 20 heavy (non-hydrogen) atoms. The van der Waals surface area contributed by atoms with Gasteiger partial charge < -0.3 is 4.42 Å². The number of para-hydroxylation sites is 1. The van der Waals surface area contributed by atoms with E-state index in [9.17, 15) is 4.79 Å². The molecule has 102 valence electrons. The van der Waals surface area contributed by atoms with Gasteiger partial charge in [-0.1, -0.05) is 24.3 Å². The standard InChI is InChI=1S/C14H12BrN3O2/c1-2-6-18-11(8-16-17-18)13(19)12-7-9-4-3-5-10(15)14(9)20-12/h3-5,7-8H,2,6H2,1H3. The van der Waals surface area contributed by atoms with Gasteiger partial charge in [0.05, 0.1) is 10.7 Å². The summed E-state index contributed by atoms with van der Waals surface area (Å²) >= 11 is 3.41. The van der Waals surface area contributed by atoms with Gasteiger partial charge in [-0.3, -0.25) is 4.79 Å². The molecule has 0 N–H and O–H groups in total. The van der Waals surface area contributed by atoms with Gasteiger partial charge in [0, 0.05) is 11.9 Å². The normalized spacial score (nSPS) is 11.1. The molecule has 0 amide bonds. The maximum atomic E-state index is 12.5. The zero-order chi connectivity index (χ0) is 14.1. The van der Waals surface area contributed by atoms with Crippen LogP contribution in [0.2, 0.25) is 0 Å². The number of fused-ring (bicyclic) bond motifs is 1. The summed E-state index contributed by atoms with van der Waals surface area (Å²) in [5.74, 6) is 0.0955. The number of aromatic nitrogens is 3. The number of nitrogens with zero attached hydrogens (tertiary/aromatic N) is 3. The number of benzene rings is 1. The van der Waals surface area contributed by atoms with E-state index in [4.69, 9.17) is 4.42 Å². The lowest BCUT2D eigenvalue weighted by Gasteiger charge is -2.01. The van der Waals surface area contributed by atoms with Crippen LogP contribution in [0.15, 0.2) is 39.4 Å². The summed E-state index contributed by atoms with van der Waals surface area (Å²) in [4.78, 5) is 12.5. The number of aryl methyl sites for hydroxylation is 1. The Hall–Kier alpha value is -1.95. The Kier molecular flexibility index (Phi) is 3.40. The van der Waals surface area contributed by atoms with E-state index in [1.807, 2.05) is 25.1 Å². The Morgan fingerprint density at radius 3 is 3.05 bits per heavy atom. The van der Waals surface area contributed by atoms with Crippen LogP contribution >= 0.6 is 15.9 Å². The van der Waals surface area contributed by atoms with Crippen LogP contribution in [0.1, 0.15) is 29.6 Å². The minimum absolute atomic E-state index is 0.202. The topological polar surface area (TPSA) is 60.9 Å². The highest BCUT2D eigenvalue weighted by Gasteiger charge is 2.19. The van der Waals surface area contributed by atoms with Gasteiger partial charge in [-0.2, -0.15) is 0 Å². The van der Waals surface area contributed by atoms with Crippen molar-refractivity contribution in [1.29, 1.82) is 0 Å². The first-order valence-corrected chi connectivity index (χ1v) is 7.11. The predicted molar refractivity (Wildman–Crippen MR) is 77.7 cm³/mol. The number of halogens is 1. The van der Waals surface area contributed by atoms with Gasteiger partial charge in [0.25, 0.3) is 0 Å². The molecule has 0 aliphatic rings. The van der Waals surface area contributed by atoms with Crippen LogP contribution in [0.3, 0.4) is 0 Å². The molecule has 1 aromatic carbocycles. The summed E-state index contributed by atoms with van der Waals surface area (Å²) in [5, 5.41) is 8.61. The highest BCUT2D eigenvalue weighted by atomic mass is 79.9. The molecule has 3 aromatic rings. The van der Waals surface area contributed by atoms with E-state index < -0.39 is 0 Å². The molecule has 0 unspecified atom stereocenters. The number of ketones is 1. The molecule has 0 aliphatic carbocycles. The number of rotatable bonds is 4. The van der Waals surface area contributed by atoms with Crippen molar-refractivity contribution >= 4 is 32.7 Å². The summed E-state index contributed by atoms with van der Waals surface area (Å²) < 4.78 is 8.08. The minimum atomic E-state index is -0.202. The van der Waals surface area contributed by atoms with Gasteiger partial charge in [-0.05, 0) is 34.5 Å². The van der Waals surface area contributed by atoms with E-state index in [2.05, 4.69) is 26.2 Å². The molecule has 0 spiro atoms. The molecular formula is C14H12BrN3O2. The van der Waals surface area contributed by atoms with Crippen molar-refractivity contribution in [1.82, 2.24) is 15.0 Å². The highest BCUT2D eigenvalue weighted by molar-refractivity contribution is 9.10. The smallest absolute Gasteiger partial charge is 0.247 e. The van der Waals surface area contributed by atoms with E-state index in [1.54, 1.807) is 10.7 Å². The fourth-order valence-electron chi connectivity index (χ4n) is 2.08. The molecule has 0 saturated carbocycles. The van der Waals surface area contributed by atoms with Crippen molar-refractivity contribution in [3.8, 4) is 0 Å². The lowest BCUT2D eigenvalue weighted by molar-refractivity contribution is 0.100. The van der Waals surface area contributed by atoms with Crippen LogP contribution in [0, 0.1) is 0 Å². The molecule has 0 radical (unpaired) electrons. The SMILES string of the molecule is CCCn1nncc1C(=O)c1cc2cccc(Br)c2o1. The largest absolute Gasteiger partial charge is 0.451 e. The second kappa shape index (κ2) is 5.20. The van der Waals surface area contributed by atoms with Gasteiger partial charge in [-0.25, -0.2) is 4.68 Å². The van der Waals surface area contributed by atoms with E-state index in [0.29, 0.717) is 23.6 Å². The number of carbonyl (C=O) groups excluding carboxylic acids is 1. The quantitative estimate of drug-likeness (QED) is 0.686. The lowest BCUT2D eigenvalue weighted by Crippen LogP contribution is -2.10. The van der Waals surface area contributed by atoms with E-state index >= 15 is 0 Å². The van der Waals surface area contributed by atoms with Crippen molar-refractivity contribution in [2.75, 3.05) is 0 Å². The molecular weight excluding hydrogens is 322 g/mol. The third-order valence-corrected chi connectivity index (χ3v) is 3.63. The Labute approximate surface area is 123 Å². The second-order valence-electron chi connectivity index (χ2n) is 4.44. The molecule has 3 rings (SSSR count). The molecule has 6 heteroatoms. The predicted octanol–water partition coefficient (Wildman–Crippen LogP) is 3.43. The van der Waals surface area contributed by atoms with Crippen molar-refractivity contribution in [3.05, 3.63) is 46.4 Å². The fraction of sp³-hybridized carbons (Fsp3) is 0.214. The van der Waals surface area contributed by atoms with Gasteiger partial charge >= 0.3 is 0 Å². The van der Waals surface area contributed by atoms with Crippen molar-refractivity contribution in [2.24, 2.45) is 0 Å². The molecule has 0 fully saturated rings. The van der Waals surface area contributed by atoms with Crippen LogP contribution in [0.25, 0.3) is 11.0 Å². The third-order valence-electron chi connectivity index (χ3n) is 3.01. The molecule has 2 heterocycles. The summed E-state index contributed by atoms with van der Waals surface area (Å²) in [6, 6.07) is 7.43. The molecule has 0 atom stereocenters. The summed E-state index contributed by atoms with van der Waals surface area (Å²) in [7, 11) is 0. The maximum Gasteiger partial charge on any atom is 0.247 e. The zero-order valence-corrected chi connectivity index (χ0v) is 12.4. The Morgan fingerprint density at radius 1 is 1.45 bits per heavy atom. The summed E-state index contributed by atoms with van der Waals surface area (Å²) in [5.41, 5.74) is 1.12. The van der Waals surface area contributed by atoms with Crippen LogP contribution < -0.4 is 0 Å². The van der Waals surface area contributed by atoms with Gasteiger partial charge in [0.15, 0.2) is 5.76 Å². The monoisotopic (exact) mass is 333 g/mol. The van der Waals surface area contributed by atoms with Crippen LogP contribution in [-0.4, -0.2) is 20.8 Å². The Balaban J connectivity index is 2.04. The number of hydrogen-bond acceptors (Lipinski definition) is 4. The molecule has 0 bridgehead atoms. The zero-order valence-electron chi connectivity index (χ0n) is 10.8. The average molecular weight is 334 g/mol. The Bertz CT molecular complexity index is 776. The first-order chi connectivity index (χ1) is 9.70. The third kappa shape index (κ3) is 2.16. The van der Waals surface area contributed by atoms with E-state index in [-0.39, 0.29) is 5.78 Å². The molecule has 0 aliphatic heterocycles. The van der Waals surface area contributed by atoms with Gasteiger partial charge in [0.1, 0.15) is 11.3 Å². The average Bonchev–Trinajstić information content (AvgIpc) is 3.05. The van der Waals surface area contributed by atoms with Crippen LogP contribution in [0.5, 0.6) is 0 Å². The molecule has 0 saturated heterocycles. The maximum absolute atomic E-state index is 12.5. The van der Waals surface area contributed by atoms with Crippen LogP contribution in [-0.2, 0) is 6.54 Å². The number of hydrogen-bond donors (Lipinski definition) is 0. The first kappa shape index (κ1) is 13.1. The lowest BCUT2D eigenvalue weighted by atomic mass is 10.2. The molecule has 2 aromatic heterocycles. The minimum Gasteiger partial charge on any atom is -0.451 e. The summed E-state index contributed by atoms with van der Waals surface area (Å²) in [6.45, 7) is 2.68. The Morgan fingerprint density at radius 2 is 2.30 bits per heavy atom. The molecule has 5 nitrogen and oxygen atoms in total. The number of carbonyl (C=O) groups is 1. The van der Waals surface area contributed by atoms with Crippen molar-refractivity contribution < 1.29 is 9.21 Å². The van der Waals surface area contributed by atoms with E-state index in [0.717, 1.165) is 16.3 Å². The fourth-order valence-corrected chi connectivity index (χ4v) is 2.54. The van der Waals surface area contributed by atoms with Crippen molar-refractivity contribution in [2.45, 2.75) is 19.9 Å². The first-order valence-electron chi connectivity index (χ1n) is 6.32. The number of furan rings is 1. The van der Waals surface area contributed by atoms with Crippen molar-refractivity contribution in [3.63, 3.8) is 0 Å².